The number of H-pyrrole nitrogens is 1. The Kier molecular flexibility index (Phi) is 5.52. The molecule has 1 aromatic heterocycles. The molecule has 1 fully saturated rings. The molecule has 4 N–H and O–H groups in total. The zero-order chi connectivity index (χ0) is 21.7. The number of amides is 2. The van der Waals surface area contributed by atoms with Gasteiger partial charge >= 0.3 is 0 Å². The number of rotatable bonds is 4. The molecule has 0 saturated heterocycles. The van der Waals surface area contributed by atoms with Gasteiger partial charge in [-0.25, -0.2) is 5.43 Å². The largest absolute Gasteiger partial charge is 0.354 e. The molecule has 2 aliphatic heterocycles. The molecule has 168 valence electrons. The summed E-state index contributed by atoms with van der Waals surface area (Å²) >= 11 is 0. The predicted octanol–water partition coefficient (Wildman–Crippen LogP) is 3.79. The number of hydrogen-bond donors (Lipinski definition) is 4. The molecule has 6 rings (SSSR count). The van der Waals surface area contributed by atoms with E-state index >= 15 is 0 Å². The Morgan fingerprint density at radius 1 is 1.15 bits per heavy atom. The maximum Gasteiger partial charge on any atom is 0.272 e. The molecule has 2 aromatic carbocycles. The lowest BCUT2D eigenvalue weighted by Crippen LogP contribution is -2.20. The monoisotopic (exact) mass is 461 g/mol. The van der Waals surface area contributed by atoms with Crippen LogP contribution in [0.5, 0.6) is 0 Å². The summed E-state index contributed by atoms with van der Waals surface area (Å²) in [6.07, 6.45) is 5.62. The third-order valence-electron chi connectivity index (χ3n) is 6.55. The van der Waals surface area contributed by atoms with Gasteiger partial charge in [0.05, 0.1) is 17.5 Å². The highest BCUT2D eigenvalue weighted by Crippen LogP contribution is 2.48. The van der Waals surface area contributed by atoms with Gasteiger partial charge in [0, 0.05) is 34.6 Å². The Hall–Kier alpha value is -3.42. The fraction of sp³-hybridized carbons (Fsp3) is 0.240. The van der Waals surface area contributed by atoms with Crippen LogP contribution in [-0.2, 0) is 4.79 Å². The van der Waals surface area contributed by atoms with Crippen molar-refractivity contribution in [2.45, 2.75) is 18.8 Å². The lowest BCUT2D eigenvalue weighted by Gasteiger charge is -2.13. The number of hydrogen-bond acceptors (Lipinski definition) is 4. The summed E-state index contributed by atoms with van der Waals surface area (Å²) < 4.78 is 0. The number of halogens is 1. The lowest BCUT2D eigenvalue weighted by atomic mass is 9.99. The second kappa shape index (κ2) is 8.50. The van der Waals surface area contributed by atoms with Crippen LogP contribution in [0.4, 0.5) is 5.69 Å². The minimum Gasteiger partial charge on any atom is -0.354 e. The van der Waals surface area contributed by atoms with Crippen molar-refractivity contribution in [3.05, 3.63) is 70.9 Å². The minimum absolute atomic E-state index is 0. The molecule has 8 heteroatoms. The van der Waals surface area contributed by atoms with Gasteiger partial charge in [-0.3, -0.25) is 9.59 Å². The van der Waals surface area contributed by atoms with Crippen molar-refractivity contribution in [2.24, 2.45) is 11.0 Å². The van der Waals surface area contributed by atoms with Crippen LogP contribution in [0.2, 0.25) is 0 Å². The van der Waals surface area contributed by atoms with Crippen LogP contribution in [0.15, 0.2) is 53.6 Å². The summed E-state index contributed by atoms with van der Waals surface area (Å²) in [6, 6.07) is 13.8. The SMILES string of the molecule is Cl.O=C1NN=Cc2c(C3=CCNCC3)[nH]c3cc(NC(=O)C4CC4c4ccccc4)cc1c23. The molecule has 7 nitrogen and oxygen atoms in total. The van der Waals surface area contributed by atoms with Gasteiger partial charge in [0.15, 0.2) is 0 Å². The summed E-state index contributed by atoms with van der Waals surface area (Å²) in [5.74, 6) is -0.0731. The van der Waals surface area contributed by atoms with Crippen molar-refractivity contribution in [1.29, 1.82) is 0 Å². The first-order valence-electron chi connectivity index (χ1n) is 11.0. The van der Waals surface area contributed by atoms with E-state index in [2.05, 4.69) is 44.4 Å². The highest BCUT2D eigenvalue weighted by molar-refractivity contribution is 6.17. The highest BCUT2D eigenvalue weighted by atomic mass is 35.5. The predicted molar refractivity (Wildman–Crippen MR) is 132 cm³/mol. The number of aromatic nitrogens is 1. The topological polar surface area (TPSA) is 98.4 Å². The Bertz CT molecular complexity index is 1310. The van der Waals surface area contributed by atoms with Crippen molar-refractivity contribution in [3.8, 4) is 0 Å². The molecule has 2 unspecified atom stereocenters. The average Bonchev–Trinajstić information content (AvgIpc) is 3.57. The lowest BCUT2D eigenvalue weighted by molar-refractivity contribution is -0.117. The smallest absolute Gasteiger partial charge is 0.272 e. The molecule has 3 aromatic rings. The van der Waals surface area contributed by atoms with Gasteiger partial charge in [-0.05, 0) is 48.6 Å². The number of nitrogens with zero attached hydrogens (tertiary/aromatic N) is 1. The molecular formula is C25H24ClN5O2. The average molecular weight is 462 g/mol. The van der Waals surface area contributed by atoms with Gasteiger partial charge in [0.1, 0.15) is 0 Å². The van der Waals surface area contributed by atoms with Gasteiger partial charge in [0.2, 0.25) is 5.91 Å². The summed E-state index contributed by atoms with van der Waals surface area (Å²) in [5.41, 5.74) is 8.83. The van der Waals surface area contributed by atoms with Crippen LogP contribution in [0.3, 0.4) is 0 Å². The molecule has 33 heavy (non-hydrogen) atoms. The van der Waals surface area contributed by atoms with E-state index in [0.29, 0.717) is 11.3 Å². The standard InChI is InChI=1S/C25H23N5O2.ClH/c31-24(18-12-17(18)14-4-2-1-3-5-14)28-16-10-19-22-20(13-27-30-25(19)32)23(29-21(22)11-16)15-6-8-26-9-7-15;/h1-6,10-11,13,17-18,26,29H,7-9,12H2,(H,28,31)(H,30,32);1H. The van der Waals surface area contributed by atoms with E-state index in [0.717, 1.165) is 48.1 Å². The van der Waals surface area contributed by atoms with E-state index in [1.165, 1.54) is 11.1 Å². The molecule has 0 spiro atoms. The third-order valence-corrected chi connectivity index (χ3v) is 6.55. The first-order valence-corrected chi connectivity index (χ1v) is 11.0. The third kappa shape index (κ3) is 3.83. The number of hydrazone groups is 1. The van der Waals surface area contributed by atoms with Gasteiger partial charge in [-0.15, -0.1) is 12.4 Å². The first kappa shape index (κ1) is 21.4. The highest BCUT2D eigenvalue weighted by Gasteiger charge is 2.43. The minimum atomic E-state index is -0.278. The maximum absolute atomic E-state index is 12.9. The van der Waals surface area contributed by atoms with Crippen LogP contribution < -0.4 is 16.1 Å². The maximum atomic E-state index is 12.9. The van der Waals surface area contributed by atoms with Crippen molar-refractivity contribution >= 4 is 52.6 Å². The van der Waals surface area contributed by atoms with Crippen LogP contribution in [0.25, 0.3) is 16.5 Å². The van der Waals surface area contributed by atoms with E-state index in [-0.39, 0.29) is 36.1 Å². The fourth-order valence-electron chi connectivity index (χ4n) is 4.85. The van der Waals surface area contributed by atoms with Crippen molar-refractivity contribution < 1.29 is 9.59 Å². The number of anilines is 1. The quantitative estimate of drug-likeness (QED) is 0.475. The van der Waals surface area contributed by atoms with E-state index in [4.69, 9.17) is 0 Å². The van der Waals surface area contributed by atoms with Gasteiger partial charge in [0.25, 0.3) is 5.91 Å². The van der Waals surface area contributed by atoms with Gasteiger partial charge in [-0.1, -0.05) is 36.4 Å². The summed E-state index contributed by atoms with van der Waals surface area (Å²) in [7, 11) is 0. The van der Waals surface area contributed by atoms with Crippen LogP contribution in [-0.4, -0.2) is 36.1 Å². The Morgan fingerprint density at radius 3 is 2.79 bits per heavy atom. The summed E-state index contributed by atoms with van der Waals surface area (Å²) in [4.78, 5) is 29.1. The van der Waals surface area contributed by atoms with Gasteiger partial charge < -0.3 is 15.6 Å². The van der Waals surface area contributed by atoms with E-state index in [1.54, 1.807) is 12.3 Å². The van der Waals surface area contributed by atoms with E-state index < -0.39 is 0 Å². The molecule has 1 aliphatic carbocycles. The number of nitrogens with one attached hydrogen (secondary N) is 4. The number of benzene rings is 2. The Labute approximate surface area is 197 Å². The van der Waals surface area contributed by atoms with E-state index in [1.807, 2.05) is 24.3 Å². The van der Waals surface area contributed by atoms with E-state index in [9.17, 15) is 9.59 Å². The Morgan fingerprint density at radius 2 is 2.00 bits per heavy atom. The first-order chi connectivity index (χ1) is 15.7. The van der Waals surface area contributed by atoms with Crippen LogP contribution in [0.1, 0.15) is 45.9 Å². The summed E-state index contributed by atoms with van der Waals surface area (Å²) in [6.45, 7) is 1.73. The van der Waals surface area contributed by atoms with Crippen molar-refractivity contribution in [1.82, 2.24) is 15.7 Å². The van der Waals surface area contributed by atoms with Crippen molar-refractivity contribution in [3.63, 3.8) is 0 Å². The second-order valence-corrected chi connectivity index (χ2v) is 8.59. The van der Waals surface area contributed by atoms with Gasteiger partial charge in [-0.2, -0.15) is 5.10 Å². The molecule has 0 radical (unpaired) electrons. The normalized spacial score (nSPS) is 21.0. The zero-order valence-corrected chi connectivity index (χ0v) is 18.7. The summed E-state index contributed by atoms with van der Waals surface area (Å²) in [5, 5.41) is 11.3. The fourth-order valence-corrected chi connectivity index (χ4v) is 4.85. The molecule has 3 heterocycles. The number of carbonyl (C=O) groups excluding carboxylic acids is 2. The van der Waals surface area contributed by atoms with Crippen LogP contribution >= 0.6 is 12.4 Å². The second-order valence-electron chi connectivity index (χ2n) is 8.59. The van der Waals surface area contributed by atoms with Crippen molar-refractivity contribution in [2.75, 3.05) is 18.4 Å². The van der Waals surface area contributed by atoms with Crippen LogP contribution in [0, 0.1) is 5.92 Å². The number of aromatic amines is 1. The molecule has 1 saturated carbocycles. The zero-order valence-electron chi connectivity index (χ0n) is 17.9. The molecule has 2 amide bonds. The Balaban J connectivity index is 0.00000228. The molecule has 3 aliphatic rings. The number of carbonyl (C=O) groups is 2. The molecule has 2 atom stereocenters. The molecular weight excluding hydrogens is 438 g/mol. The molecule has 0 bridgehead atoms.